The fourth-order valence-corrected chi connectivity index (χ4v) is 2.64. The summed E-state index contributed by atoms with van der Waals surface area (Å²) in [7, 11) is 3.09. The maximum atomic E-state index is 11.5. The van der Waals surface area contributed by atoms with Gasteiger partial charge in [-0.15, -0.1) is 0 Å². The van der Waals surface area contributed by atoms with E-state index in [2.05, 4.69) is 41.3 Å². The average Bonchev–Trinajstić information content (AvgIpc) is 2.52. The van der Waals surface area contributed by atoms with Crippen LogP contribution in [0.1, 0.15) is 40.5 Å². The minimum atomic E-state index is -0.108. The molecule has 24 heavy (non-hydrogen) atoms. The predicted molar refractivity (Wildman–Crippen MR) is 95.8 cm³/mol. The molecule has 1 heterocycles. The van der Waals surface area contributed by atoms with E-state index in [1.807, 2.05) is 6.92 Å². The summed E-state index contributed by atoms with van der Waals surface area (Å²) >= 11 is 1.44. The number of carbonyl (C=O) groups excluding carboxylic acids is 1. The average molecular weight is 354 g/mol. The number of carbonyl (C=O) groups is 1. The van der Waals surface area contributed by atoms with E-state index in [4.69, 9.17) is 9.47 Å². The Morgan fingerprint density at radius 2 is 1.92 bits per heavy atom. The van der Waals surface area contributed by atoms with Crippen molar-refractivity contribution in [1.29, 1.82) is 0 Å². The van der Waals surface area contributed by atoms with Gasteiger partial charge in [-0.3, -0.25) is 4.79 Å². The summed E-state index contributed by atoms with van der Waals surface area (Å²) in [5, 5.41) is 4.55. The van der Waals surface area contributed by atoms with Gasteiger partial charge in [0, 0.05) is 12.6 Å². The smallest absolute Gasteiger partial charge is 0.240 e. The third-order valence-corrected chi connectivity index (χ3v) is 4.52. The van der Waals surface area contributed by atoms with Gasteiger partial charge >= 0.3 is 0 Å². The zero-order valence-corrected chi connectivity index (χ0v) is 15.9. The summed E-state index contributed by atoms with van der Waals surface area (Å²) < 4.78 is 10.3. The number of methoxy groups -OCH3 is 2. The Bertz CT molecular complexity index is 551. The van der Waals surface area contributed by atoms with E-state index in [1.54, 1.807) is 26.5 Å². The highest BCUT2D eigenvalue weighted by molar-refractivity contribution is 8.00. The Balaban J connectivity index is 2.91. The quantitative estimate of drug-likeness (QED) is 0.334. The van der Waals surface area contributed by atoms with Gasteiger partial charge in [0.25, 0.3) is 0 Å². The minimum Gasteiger partial charge on any atom is -0.481 e. The van der Waals surface area contributed by atoms with E-state index >= 15 is 0 Å². The van der Waals surface area contributed by atoms with Crippen molar-refractivity contribution >= 4 is 23.9 Å². The molecular formula is C16H26N4O3S. The summed E-state index contributed by atoms with van der Waals surface area (Å²) in [6.07, 6.45) is 2.96. The number of hydrogen-bond donors (Lipinski definition) is 1. The van der Waals surface area contributed by atoms with Crippen LogP contribution in [0.2, 0.25) is 0 Å². The lowest BCUT2D eigenvalue weighted by atomic mass is 9.92. The number of nitrogens with zero attached hydrogens (tertiary/aromatic N) is 3. The molecule has 1 aromatic heterocycles. The zero-order valence-electron chi connectivity index (χ0n) is 15.1. The molecule has 1 N–H and O–H groups in total. The van der Waals surface area contributed by atoms with Crippen LogP contribution in [0, 0.1) is 5.41 Å². The number of rotatable bonds is 8. The molecule has 0 saturated carbocycles. The Labute approximate surface area is 147 Å². The predicted octanol–water partition coefficient (Wildman–Crippen LogP) is 2.90. The molecule has 1 rings (SSSR count). The SMILES string of the molecule is CCCC(=O)N/N=C/C(Sc1nc(OC)cc(OC)n1)C(C)(C)C. The van der Waals surface area contributed by atoms with Crippen molar-refractivity contribution in [3.8, 4) is 11.8 Å². The Kier molecular flexibility index (Phi) is 7.97. The summed E-state index contributed by atoms with van der Waals surface area (Å²) in [4.78, 5) is 20.2. The molecule has 0 spiro atoms. The number of nitrogens with one attached hydrogen (secondary N) is 1. The van der Waals surface area contributed by atoms with Gasteiger partial charge in [0.2, 0.25) is 17.7 Å². The Morgan fingerprint density at radius 3 is 2.38 bits per heavy atom. The lowest BCUT2D eigenvalue weighted by Crippen LogP contribution is -2.27. The van der Waals surface area contributed by atoms with E-state index in [0.717, 1.165) is 6.42 Å². The van der Waals surface area contributed by atoms with Crippen LogP contribution >= 0.6 is 11.8 Å². The Hall–Kier alpha value is -1.83. The molecule has 8 heteroatoms. The maximum absolute atomic E-state index is 11.5. The first-order valence-corrected chi connectivity index (χ1v) is 8.63. The minimum absolute atomic E-state index is 0.0451. The monoisotopic (exact) mass is 354 g/mol. The molecule has 1 aromatic rings. The van der Waals surface area contributed by atoms with Gasteiger partial charge in [-0.25, -0.2) is 5.43 Å². The molecule has 0 saturated heterocycles. The fourth-order valence-electron chi connectivity index (χ4n) is 1.65. The number of aromatic nitrogens is 2. The second-order valence-electron chi connectivity index (χ2n) is 6.20. The number of hydrazone groups is 1. The molecule has 1 amide bonds. The number of amides is 1. The van der Waals surface area contributed by atoms with Gasteiger partial charge in [0.1, 0.15) is 0 Å². The number of hydrogen-bond acceptors (Lipinski definition) is 7. The second kappa shape index (κ2) is 9.46. The van der Waals surface area contributed by atoms with Crippen LogP contribution in [0.15, 0.2) is 16.3 Å². The Morgan fingerprint density at radius 1 is 1.33 bits per heavy atom. The topological polar surface area (TPSA) is 85.7 Å². The van der Waals surface area contributed by atoms with Crippen molar-refractivity contribution in [2.45, 2.75) is 50.9 Å². The van der Waals surface area contributed by atoms with Crippen LogP contribution < -0.4 is 14.9 Å². The second-order valence-corrected chi connectivity index (χ2v) is 7.31. The fraction of sp³-hybridized carbons (Fsp3) is 0.625. The molecule has 1 unspecified atom stereocenters. The van der Waals surface area contributed by atoms with E-state index in [-0.39, 0.29) is 16.6 Å². The van der Waals surface area contributed by atoms with Crippen molar-refractivity contribution in [3.63, 3.8) is 0 Å². The van der Waals surface area contributed by atoms with Crippen LogP contribution in [0.3, 0.4) is 0 Å². The highest BCUT2D eigenvalue weighted by Gasteiger charge is 2.26. The third-order valence-electron chi connectivity index (χ3n) is 3.04. The summed E-state index contributed by atoms with van der Waals surface area (Å²) in [6.45, 7) is 8.20. The molecule has 134 valence electrons. The summed E-state index contributed by atoms with van der Waals surface area (Å²) in [5.74, 6) is 0.779. The van der Waals surface area contributed by atoms with Gasteiger partial charge in [0.05, 0.1) is 25.5 Å². The maximum Gasteiger partial charge on any atom is 0.240 e. The molecule has 0 fully saturated rings. The van der Waals surface area contributed by atoms with Crippen molar-refractivity contribution < 1.29 is 14.3 Å². The molecule has 0 radical (unpaired) electrons. The van der Waals surface area contributed by atoms with Crippen LogP contribution in [-0.2, 0) is 4.79 Å². The molecule has 0 aliphatic carbocycles. The first kappa shape index (κ1) is 20.2. The van der Waals surface area contributed by atoms with Gasteiger partial charge in [0.15, 0.2) is 5.16 Å². The first-order valence-electron chi connectivity index (χ1n) is 7.75. The first-order chi connectivity index (χ1) is 11.3. The van der Waals surface area contributed by atoms with Crippen LogP contribution in [-0.4, -0.2) is 41.6 Å². The van der Waals surface area contributed by atoms with Crippen molar-refractivity contribution in [2.75, 3.05) is 14.2 Å². The largest absolute Gasteiger partial charge is 0.481 e. The van der Waals surface area contributed by atoms with E-state index < -0.39 is 0 Å². The van der Waals surface area contributed by atoms with Crippen molar-refractivity contribution in [1.82, 2.24) is 15.4 Å². The number of thioether (sulfide) groups is 1. The highest BCUT2D eigenvalue weighted by Crippen LogP contribution is 2.34. The van der Waals surface area contributed by atoms with Gasteiger partial charge in [-0.1, -0.05) is 39.5 Å². The molecule has 0 aliphatic rings. The van der Waals surface area contributed by atoms with Crippen LogP contribution in [0.4, 0.5) is 0 Å². The molecular weight excluding hydrogens is 328 g/mol. The number of ether oxygens (including phenoxy) is 2. The van der Waals surface area contributed by atoms with Gasteiger partial charge in [-0.2, -0.15) is 15.1 Å². The molecule has 1 atom stereocenters. The standard InChI is InChI=1S/C16H26N4O3S/c1-7-8-12(21)20-17-10-11(16(2,3)4)24-15-18-13(22-5)9-14(19-15)23-6/h9-11H,7-8H2,1-6H3,(H,20,21)/b17-10+. The normalized spacial score (nSPS) is 12.9. The molecule has 7 nitrogen and oxygen atoms in total. The van der Waals surface area contributed by atoms with Gasteiger partial charge in [-0.05, 0) is 11.8 Å². The lowest BCUT2D eigenvalue weighted by molar-refractivity contribution is -0.121. The van der Waals surface area contributed by atoms with E-state index in [0.29, 0.717) is 23.3 Å². The van der Waals surface area contributed by atoms with Crippen LogP contribution in [0.5, 0.6) is 11.8 Å². The highest BCUT2D eigenvalue weighted by atomic mass is 32.2. The molecule has 0 aliphatic heterocycles. The van der Waals surface area contributed by atoms with E-state index in [9.17, 15) is 4.79 Å². The van der Waals surface area contributed by atoms with E-state index in [1.165, 1.54) is 11.8 Å². The lowest BCUT2D eigenvalue weighted by Gasteiger charge is -2.26. The van der Waals surface area contributed by atoms with Gasteiger partial charge < -0.3 is 9.47 Å². The van der Waals surface area contributed by atoms with Crippen molar-refractivity contribution in [3.05, 3.63) is 6.07 Å². The summed E-state index contributed by atoms with van der Waals surface area (Å²) in [5.41, 5.74) is 2.44. The zero-order chi connectivity index (χ0) is 18.2. The molecule has 0 aromatic carbocycles. The van der Waals surface area contributed by atoms with Crippen molar-refractivity contribution in [2.24, 2.45) is 10.5 Å². The van der Waals surface area contributed by atoms with Crippen LogP contribution in [0.25, 0.3) is 0 Å². The summed E-state index contributed by atoms with van der Waals surface area (Å²) in [6, 6.07) is 1.62. The molecule has 0 bridgehead atoms. The third kappa shape index (κ3) is 6.74.